The van der Waals surface area contributed by atoms with E-state index in [2.05, 4.69) is 19.2 Å². The maximum absolute atomic E-state index is 5.81. The van der Waals surface area contributed by atoms with Gasteiger partial charge in [-0.25, -0.2) is 0 Å². The highest BCUT2D eigenvalue weighted by molar-refractivity contribution is 4.96. The summed E-state index contributed by atoms with van der Waals surface area (Å²) in [7, 11) is 0. The van der Waals surface area contributed by atoms with E-state index in [9.17, 15) is 0 Å². The molecule has 3 atom stereocenters. The average Bonchev–Trinajstić information content (AvgIpc) is 2.29. The zero-order chi connectivity index (χ0) is 8.60. The summed E-state index contributed by atoms with van der Waals surface area (Å²) in [5.74, 6) is 0. The standard InChI is InChI=1S/C10H19NO/c1-8-6-10(9(2)12-8)4-3-5-11-7-10/h8-9,11H,3-7H2,1-2H3. The Morgan fingerprint density at radius 1 is 1.42 bits per heavy atom. The first-order valence-electron chi connectivity index (χ1n) is 5.09. The van der Waals surface area contributed by atoms with Crippen molar-refractivity contribution in [1.82, 2.24) is 5.32 Å². The van der Waals surface area contributed by atoms with Gasteiger partial charge in [-0.3, -0.25) is 0 Å². The Kier molecular flexibility index (Phi) is 2.13. The normalized spacial score (nSPS) is 48.5. The van der Waals surface area contributed by atoms with E-state index in [-0.39, 0.29) is 0 Å². The van der Waals surface area contributed by atoms with Crippen molar-refractivity contribution in [2.45, 2.75) is 45.3 Å². The van der Waals surface area contributed by atoms with Gasteiger partial charge in [-0.2, -0.15) is 0 Å². The van der Waals surface area contributed by atoms with Crippen LogP contribution in [-0.4, -0.2) is 25.3 Å². The lowest BCUT2D eigenvalue weighted by Gasteiger charge is -2.36. The second-order valence-electron chi connectivity index (χ2n) is 4.44. The summed E-state index contributed by atoms with van der Waals surface area (Å²) < 4.78 is 5.81. The fourth-order valence-corrected chi connectivity index (χ4v) is 2.79. The molecule has 70 valence electrons. The third-order valence-electron chi connectivity index (χ3n) is 3.50. The highest BCUT2D eigenvalue weighted by atomic mass is 16.5. The van der Waals surface area contributed by atoms with Gasteiger partial charge in [-0.05, 0) is 39.7 Å². The van der Waals surface area contributed by atoms with Crippen LogP contribution in [0.3, 0.4) is 0 Å². The summed E-state index contributed by atoms with van der Waals surface area (Å²) >= 11 is 0. The second kappa shape index (κ2) is 3.00. The van der Waals surface area contributed by atoms with Gasteiger partial charge in [0.1, 0.15) is 0 Å². The Morgan fingerprint density at radius 2 is 2.25 bits per heavy atom. The van der Waals surface area contributed by atoms with Crippen molar-refractivity contribution in [3.8, 4) is 0 Å². The lowest BCUT2D eigenvalue weighted by atomic mass is 9.75. The summed E-state index contributed by atoms with van der Waals surface area (Å²) in [5.41, 5.74) is 0.470. The van der Waals surface area contributed by atoms with E-state index in [0.29, 0.717) is 17.6 Å². The van der Waals surface area contributed by atoms with Gasteiger partial charge in [0.2, 0.25) is 0 Å². The summed E-state index contributed by atoms with van der Waals surface area (Å²) in [6.07, 6.45) is 4.85. The van der Waals surface area contributed by atoms with Crippen molar-refractivity contribution >= 4 is 0 Å². The SMILES string of the molecule is CC1CC2(CCCNC2)C(C)O1. The largest absolute Gasteiger partial charge is 0.375 e. The minimum Gasteiger partial charge on any atom is -0.375 e. The summed E-state index contributed by atoms with van der Waals surface area (Å²) in [6.45, 7) is 6.79. The molecule has 2 fully saturated rings. The average molecular weight is 169 g/mol. The molecule has 2 rings (SSSR count). The molecule has 0 aromatic carbocycles. The molecule has 2 heterocycles. The van der Waals surface area contributed by atoms with Gasteiger partial charge < -0.3 is 10.1 Å². The van der Waals surface area contributed by atoms with Gasteiger partial charge in [0.15, 0.2) is 0 Å². The molecule has 2 heteroatoms. The van der Waals surface area contributed by atoms with E-state index in [1.807, 2.05) is 0 Å². The van der Waals surface area contributed by atoms with Crippen LogP contribution in [0.4, 0.5) is 0 Å². The third kappa shape index (κ3) is 1.27. The first-order chi connectivity index (χ1) is 5.73. The van der Waals surface area contributed by atoms with Gasteiger partial charge in [-0.15, -0.1) is 0 Å². The van der Waals surface area contributed by atoms with Crippen molar-refractivity contribution in [1.29, 1.82) is 0 Å². The van der Waals surface area contributed by atoms with E-state index in [1.165, 1.54) is 32.4 Å². The van der Waals surface area contributed by atoms with Crippen LogP contribution in [-0.2, 0) is 4.74 Å². The molecule has 0 saturated carbocycles. The maximum Gasteiger partial charge on any atom is 0.0619 e. The van der Waals surface area contributed by atoms with Gasteiger partial charge in [-0.1, -0.05) is 0 Å². The molecule has 2 nitrogen and oxygen atoms in total. The first-order valence-corrected chi connectivity index (χ1v) is 5.09. The fraction of sp³-hybridized carbons (Fsp3) is 1.00. The van der Waals surface area contributed by atoms with Crippen molar-refractivity contribution in [2.75, 3.05) is 13.1 Å². The van der Waals surface area contributed by atoms with Crippen LogP contribution < -0.4 is 5.32 Å². The van der Waals surface area contributed by atoms with Crippen LogP contribution >= 0.6 is 0 Å². The number of ether oxygens (including phenoxy) is 1. The molecule has 1 spiro atoms. The lowest BCUT2D eigenvalue weighted by Crippen LogP contribution is -2.44. The van der Waals surface area contributed by atoms with Crippen molar-refractivity contribution in [2.24, 2.45) is 5.41 Å². The second-order valence-corrected chi connectivity index (χ2v) is 4.44. The topological polar surface area (TPSA) is 21.3 Å². The molecule has 2 aliphatic rings. The zero-order valence-corrected chi connectivity index (χ0v) is 8.10. The molecule has 0 aromatic rings. The van der Waals surface area contributed by atoms with Crippen molar-refractivity contribution in [3.63, 3.8) is 0 Å². The number of nitrogens with one attached hydrogen (secondary N) is 1. The predicted octanol–water partition coefficient (Wildman–Crippen LogP) is 1.55. The summed E-state index contributed by atoms with van der Waals surface area (Å²) in [5, 5.41) is 3.49. The molecule has 0 aromatic heterocycles. The number of piperidine rings is 1. The van der Waals surface area contributed by atoms with Gasteiger partial charge in [0.25, 0.3) is 0 Å². The Morgan fingerprint density at radius 3 is 2.75 bits per heavy atom. The number of rotatable bonds is 0. The Labute approximate surface area is 74.7 Å². The molecular formula is C10H19NO. The fourth-order valence-electron chi connectivity index (χ4n) is 2.79. The van der Waals surface area contributed by atoms with Crippen LogP contribution in [0, 0.1) is 5.41 Å². The smallest absolute Gasteiger partial charge is 0.0619 e. The predicted molar refractivity (Wildman–Crippen MR) is 49.2 cm³/mol. The highest BCUT2D eigenvalue weighted by Crippen LogP contribution is 2.42. The number of hydrogen-bond donors (Lipinski definition) is 1. The highest BCUT2D eigenvalue weighted by Gasteiger charge is 2.44. The Bertz CT molecular complexity index is 163. The molecular weight excluding hydrogens is 150 g/mol. The first kappa shape index (κ1) is 8.52. The monoisotopic (exact) mass is 169 g/mol. The molecule has 0 amide bonds. The minimum atomic E-state index is 0.459. The van der Waals surface area contributed by atoms with E-state index in [1.54, 1.807) is 0 Å². The van der Waals surface area contributed by atoms with Crippen LogP contribution in [0.5, 0.6) is 0 Å². The zero-order valence-electron chi connectivity index (χ0n) is 8.10. The van der Waals surface area contributed by atoms with E-state index in [4.69, 9.17) is 4.74 Å². The molecule has 3 unspecified atom stereocenters. The van der Waals surface area contributed by atoms with Crippen LogP contribution in [0.2, 0.25) is 0 Å². The van der Waals surface area contributed by atoms with Gasteiger partial charge >= 0.3 is 0 Å². The van der Waals surface area contributed by atoms with Crippen LogP contribution in [0.1, 0.15) is 33.1 Å². The lowest BCUT2D eigenvalue weighted by molar-refractivity contribution is 0.0228. The van der Waals surface area contributed by atoms with Crippen molar-refractivity contribution in [3.05, 3.63) is 0 Å². The van der Waals surface area contributed by atoms with Crippen LogP contribution in [0.15, 0.2) is 0 Å². The quantitative estimate of drug-likeness (QED) is 0.594. The minimum absolute atomic E-state index is 0.459. The molecule has 12 heavy (non-hydrogen) atoms. The third-order valence-corrected chi connectivity index (χ3v) is 3.50. The van der Waals surface area contributed by atoms with E-state index >= 15 is 0 Å². The molecule has 0 bridgehead atoms. The molecule has 1 N–H and O–H groups in total. The molecule has 0 radical (unpaired) electrons. The molecule has 2 aliphatic heterocycles. The Hall–Kier alpha value is -0.0800. The van der Waals surface area contributed by atoms with Crippen molar-refractivity contribution < 1.29 is 4.74 Å². The van der Waals surface area contributed by atoms with E-state index in [0.717, 1.165) is 0 Å². The summed E-state index contributed by atoms with van der Waals surface area (Å²) in [4.78, 5) is 0. The maximum atomic E-state index is 5.81. The van der Waals surface area contributed by atoms with Crippen LogP contribution in [0.25, 0.3) is 0 Å². The number of hydrogen-bond acceptors (Lipinski definition) is 2. The summed E-state index contributed by atoms with van der Waals surface area (Å²) in [6, 6.07) is 0. The van der Waals surface area contributed by atoms with E-state index < -0.39 is 0 Å². The molecule has 2 saturated heterocycles. The Balaban J connectivity index is 2.08. The molecule has 0 aliphatic carbocycles. The van der Waals surface area contributed by atoms with Gasteiger partial charge in [0.05, 0.1) is 12.2 Å². The van der Waals surface area contributed by atoms with Gasteiger partial charge in [0, 0.05) is 12.0 Å².